The monoisotopic (exact) mass is 135 g/mol. The molecule has 0 unspecified atom stereocenters. The maximum Gasteiger partial charge on any atom is 0.327 e. The van der Waals surface area contributed by atoms with Crippen molar-refractivity contribution in [2.75, 3.05) is 6.61 Å². The summed E-state index contributed by atoms with van der Waals surface area (Å²) in [4.78, 5) is 16.2. The van der Waals surface area contributed by atoms with Crippen LogP contribution in [-0.2, 0) is 4.52 Å². The average molecular weight is 135 g/mol. The maximum absolute atomic E-state index is 8.08. The molecule has 3 nitrogen and oxygen atoms in total. The molecule has 0 saturated carbocycles. The van der Waals surface area contributed by atoms with Gasteiger partial charge in [-0.1, -0.05) is 6.92 Å². The van der Waals surface area contributed by atoms with E-state index in [-0.39, 0.29) is 8.41 Å². The molecule has 0 atom stereocenters. The van der Waals surface area contributed by atoms with Crippen LogP contribution in [0.5, 0.6) is 0 Å². The number of rotatable bonds is 3. The Morgan fingerprint density at radius 1 is 1.50 bits per heavy atom. The predicted octanol–water partition coefficient (Wildman–Crippen LogP) is 0.244. The smallest absolute Gasteiger partial charge is 0.327 e. The second kappa shape index (κ2) is 7.37. The molecular formula is C3H9BO3P. The molecule has 0 aromatic heterocycles. The molecule has 0 aliphatic carbocycles. The Hall–Kier alpha value is 0.375. The van der Waals surface area contributed by atoms with Crippen LogP contribution in [-0.4, -0.2) is 24.8 Å². The fourth-order valence-electron chi connectivity index (χ4n) is 0.173. The van der Waals surface area contributed by atoms with Crippen LogP contribution in [0.3, 0.4) is 0 Å². The van der Waals surface area contributed by atoms with E-state index in [2.05, 4.69) is 4.52 Å². The first-order valence-electron chi connectivity index (χ1n) is 2.08. The lowest BCUT2D eigenvalue weighted by Crippen LogP contribution is -1.83. The second-order valence-electron chi connectivity index (χ2n) is 1.09. The van der Waals surface area contributed by atoms with Crippen molar-refractivity contribution in [2.45, 2.75) is 13.3 Å². The molecule has 0 aromatic carbocycles. The highest BCUT2D eigenvalue weighted by Crippen LogP contribution is 2.23. The van der Waals surface area contributed by atoms with E-state index in [1.54, 1.807) is 0 Å². The summed E-state index contributed by atoms with van der Waals surface area (Å²) in [5.74, 6) is 0. The molecule has 0 aliphatic rings. The van der Waals surface area contributed by atoms with Gasteiger partial charge in [0.05, 0.1) is 6.61 Å². The lowest BCUT2D eigenvalue weighted by atomic mass is 10.5. The molecule has 3 radical (unpaired) electrons. The van der Waals surface area contributed by atoms with Gasteiger partial charge in [0.15, 0.2) is 0 Å². The minimum absolute atomic E-state index is 0. The molecule has 0 bridgehead atoms. The van der Waals surface area contributed by atoms with Gasteiger partial charge in [-0.15, -0.1) is 0 Å². The molecule has 0 aromatic rings. The lowest BCUT2D eigenvalue weighted by Gasteiger charge is -1.98. The van der Waals surface area contributed by atoms with Gasteiger partial charge in [0, 0.05) is 8.41 Å². The largest absolute Gasteiger partial charge is 0.328 e. The maximum atomic E-state index is 8.08. The van der Waals surface area contributed by atoms with Gasteiger partial charge in [-0.25, -0.2) is 0 Å². The van der Waals surface area contributed by atoms with E-state index in [4.69, 9.17) is 9.79 Å². The molecule has 2 N–H and O–H groups in total. The zero-order chi connectivity index (χ0) is 5.70. The van der Waals surface area contributed by atoms with Gasteiger partial charge in [0.2, 0.25) is 0 Å². The summed E-state index contributed by atoms with van der Waals surface area (Å²) >= 11 is 0. The van der Waals surface area contributed by atoms with Gasteiger partial charge < -0.3 is 14.3 Å². The fourth-order valence-corrected chi connectivity index (χ4v) is 0.519. The molecule has 0 spiro atoms. The Morgan fingerprint density at radius 3 is 2.12 bits per heavy atom. The SMILES string of the molecule is CCCOP(O)O.[B]. The topological polar surface area (TPSA) is 49.7 Å². The van der Waals surface area contributed by atoms with E-state index >= 15 is 0 Å². The molecule has 47 valence electrons. The van der Waals surface area contributed by atoms with Gasteiger partial charge in [-0.2, -0.15) is 0 Å². The summed E-state index contributed by atoms with van der Waals surface area (Å²) in [7, 11) is -2.11. The Kier molecular flexibility index (Phi) is 10.3. The van der Waals surface area contributed by atoms with E-state index < -0.39 is 8.60 Å². The first kappa shape index (κ1) is 11.2. The van der Waals surface area contributed by atoms with Crippen molar-refractivity contribution in [3.63, 3.8) is 0 Å². The summed E-state index contributed by atoms with van der Waals surface area (Å²) in [6, 6.07) is 0. The third kappa shape index (κ3) is 9.62. The number of hydrogen-bond acceptors (Lipinski definition) is 3. The molecule has 5 heteroatoms. The predicted molar refractivity (Wildman–Crippen MR) is 33.4 cm³/mol. The molecule has 0 aliphatic heterocycles. The van der Waals surface area contributed by atoms with Gasteiger partial charge in [0.1, 0.15) is 0 Å². The van der Waals surface area contributed by atoms with Crippen molar-refractivity contribution in [1.82, 2.24) is 0 Å². The van der Waals surface area contributed by atoms with E-state index in [0.29, 0.717) is 6.61 Å². The van der Waals surface area contributed by atoms with Crippen LogP contribution in [0.4, 0.5) is 0 Å². The number of hydrogen-bond donors (Lipinski definition) is 2. The molecule has 0 fully saturated rings. The first-order valence-corrected chi connectivity index (χ1v) is 3.24. The Balaban J connectivity index is 0. The molecule has 0 rings (SSSR count). The lowest BCUT2D eigenvalue weighted by molar-refractivity contribution is 0.255. The first-order chi connectivity index (χ1) is 3.27. The van der Waals surface area contributed by atoms with Crippen LogP contribution in [0, 0.1) is 0 Å². The molecule has 0 heterocycles. The highest BCUT2D eigenvalue weighted by molar-refractivity contribution is 7.39. The van der Waals surface area contributed by atoms with E-state index in [1.807, 2.05) is 6.92 Å². The standard InChI is InChI=1S/C3H9O3P.B/c1-2-3-6-7(4)5;/h4-5H,2-3H2,1H3;. The highest BCUT2D eigenvalue weighted by Gasteiger charge is 1.93. The van der Waals surface area contributed by atoms with Crippen molar-refractivity contribution in [3.05, 3.63) is 0 Å². The molecule has 0 saturated heterocycles. The van der Waals surface area contributed by atoms with Crippen molar-refractivity contribution < 1.29 is 14.3 Å². The zero-order valence-corrected chi connectivity index (χ0v) is 5.64. The van der Waals surface area contributed by atoms with Crippen LogP contribution in [0.15, 0.2) is 0 Å². The van der Waals surface area contributed by atoms with Gasteiger partial charge in [0.25, 0.3) is 0 Å². The van der Waals surface area contributed by atoms with Crippen LogP contribution in [0.2, 0.25) is 0 Å². The Labute approximate surface area is 52.3 Å². The average Bonchev–Trinajstić information content (AvgIpc) is 1.61. The van der Waals surface area contributed by atoms with Crippen molar-refractivity contribution in [3.8, 4) is 0 Å². The van der Waals surface area contributed by atoms with E-state index in [9.17, 15) is 0 Å². The highest BCUT2D eigenvalue weighted by atomic mass is 31.2. The van der Waals surface area contributed by atoms with Crippen molar-refractivity contribution >= 4 is 17.0 Å². The minimum atomic E-state index is -2.11. The fraction of sp³-hybridized carbons (Fsp3) is 1.00. The van der Waals surface area contributed by atoms with E-state index in [1.165, 1.54) is 0 Å². The zero-order valence-electron chi connectivity index (χ0n) is 4.74. The quantitative estimate of drug-likeness (QED) is 0.430. The Bertz CT molecular complexity index is 43.5. The van der Waals surface area contributed by atoms with Gasteiger partial charge in [-0.3, -0.25) is 0 Å². The molecule has 8 heavy (non-hydrogen) atoms. The van der Waals surface area contributed by atoms with E-state index in [0.717, 1.165) is 6.42 Å². The normalized spacial score (nSPS) is 9.00. The van der Waals surface area contributed by atoms with Crippen LogP contribution >= 0.6 is 8.60 Å². The van der Waals surface area contributed by atoms with Crippen molar-refractivity contribution in [1.29, 1.82) is 0 Å². The van der Waals surface area contributed by atoms with Gasteiger partial charge >= 0.3 is 8.60 Å². The third-order valence-electron chi connectivity index (χ3n) is 0.411. The van der Waals surface area contributed by atoms with Crippen LogP contribution in [0.25, 0.3) is 0 Å². The summed E-state index contributed by atoms with van der Waals surface area (Å²) in [5, 5.41) is 0. The third-order valence-corrected chi connectivity index (χ3v) is 0.824. The van der Waals surface area contributed by atoms with Crippen molar-refractivity contribution in [2.24, 2.45) is 0 Å². The molecule has 0 amide bonds. The van der Waals surface area contributed by atoms with Crippen LogP contribution < -0.4 is 0 Å². The summed E-state index contributed by atoms with van der Waals surface area (Å²) in [5.41, 5.74) is 0. The van der Waals surface area contributed by atoms with Gasteiger partial charge in [-0.05, 0) is 6.42 Å². The molecular weight excluding hydrogens is 126 g/mol. The second-order valence-corrected chi connectivity index (χ2v) is 1.85. The Morgan fingerprint density at radius 2 is 2.00 bits per heavy atom. The summed E-state index contributed by atoms with van der Waals surface area (Å²) in [6.45, 7) is 2.33. The summed E-state index contributed by atoms with van der Waals surface area (Å²) in [6.07, 6.45) is 0.819. The van der Waals surface area contributed by atoms with Crippen LogP contribution in [0.1, 0.15) is 13.3 Å². The summed E-state index contributed by atoms with van der Waals surface area (Å²) < 4.78 is 4.37. The minimum Gasteiger partial charge on any atom is -0.328 e.